The maximum absolute atomic E-state index is 11.8. The van der Waals surface area contributed by atoms with Gasteiger partial charge in [0, 0.05) is 30.9 Å². The van der Waals surface area contributed by atoms with Crippen LogP contribution in [0.3, 0.4) is 0 Å². The van der Waals surface area contributed by atoms with E-state index in [2.05, 4.69) is 19.9 Å². The van der Waals surface area contributed by atoms with Gasteiger partial charge < -0.3 is 14.6 Å². The standard InChI is InChI=1S/C22H23N5O2/c1-15-24-18(13-19(28)25-15)27-10-8-22(9-11-27)20-17(7-12-29-22)14-23-21(26-20)16-5-3-2-4-6-16/h2-6,13-14H,7-12H2,1H3,(H,24,25,28). The van der Waals surface area contributed by atoms with Gasteiger partial charge in [-0.15, -0.1) is 0 Å². The minimum Gasteiger partial charge on any atom is -0.368 e. The first kappa shape index (κ1) is 18.0. The number of rotatable bonds is 2. The first-order valence-corrected chi connectivity index (χ1v) is 10.0. The zero-order chi connectivity index (χ0) is 19.8. The number of fused-ring (bicyclic) bond motifs is 2. The van der Waals surface area contributed by atoms with Crippen molar-refractivity contribution in [1.82, 2.24) is 19.9 Å². The zero-order valence-corrected chi connectivity index (χ0v) is 16.4. The Hall–Kier alpha value is -3.06. The third-order valence-corrected chi connectivity index (χ3v) is 5.82. The van der Waals surface area contributed by atoms with Crippen LogP contribution in [0.2, 0.25) is 0 Å². The summed E-state index contributed by atoms with van der Waals surface area (Å²) < 4.78 is 6.35. The van der Waals surface area contributed by atoms with Gasteiger partial charge in [0.1, 0.15) is 17.2 Å². The van der Waals surface area contributed by atoms with E-state index in [1.165, 1.54) is 5.56 Å². The number of ether oxygens (including phenoxy) is 1. The highest BCUT2D eigenvalue weighted by Gasteiger charge is 2.43. The van der Waals surface area contributed by atoms with E-state index in [9.17, 15) is 4.79 Å². The van der Waals surface area contributed by atoms with Crippen LogP contribution < -0.4 is 10.5 Å². The monoisotopic (exact) mass is 389 g/mol. The molecule has 0 radical (unpaired) electrons. The van der Waals surface area contributed by atoms with Crippen LogP contribution >= 0.6 is 0 Å². The number of aryl methyl sites for hydroxylation is 1. The molecule has 1 spiro atoms. The highest BCUT2D eigenvalue weighted by molar-refractivity contribution is 5.55. The van der Waals surface area contributed by atoms with Gasteiger partial charge in [-0.1, -0.05) is 30.3 Å². The number of nitrogens with zero attached hydrogens (tertiary/aromatic N) is 4. The Morgan fingerprint density at radius 1 is 1.14 bits per heavy atom. The Morgan fingerprint density at radius 3 is 2.69 bits per heavy atom. The molecule has 1 N–H and O–H groups in total. The van der Waals surface area contributed by atoms with Crippen molar-refractivity contribution in [2.75, 3.05) is 24.6 Å². The summed E-state index contributed by atoms with van der Waals surface area (Å²) in [6.45, 7) is 4.02. The predicted octanol–water partition coefficient (Wildman–Crippen LogP) is 2.60. The number of aromatic amines is 1. The van der Waals surface area contributed by atoms with Crippen molar-refractivity contribution < 1.29 is 4.74 Å². The number of piperidine rings is 1. The Labute approximate surface area is 168 Å². The van der Waals surface area contributed by atoms with Gasteiger partial charge in [-0.3, -0.25) is 4.79 Å². The number of aromatic nitrogens is 4. The quantitative estimate of drug-likeness (QED) is 0.725. The summed E-state index contributed by atoms with van der Waals surface area (Å²) in [6, 6.07) is 11.6. The van der Waals surface area contributed by atoms with Crippen LogP contribution in [0.1, 0.15) is 29.9 Å². The van der Waals surface area contributed by atoms with Gasteiger partial charge in [-0.2, -0.15) is 0 Å². The first-order chi connectivity index (χ1) is 14.1. The molecule has 3 aromatic rings. The largest absolute Gasteiger partial charge is 0.368 e. The van der Waals surface area contributed by atoms with Gasteiger partial charge in [0.05, 0.1) is 12.3 Å². The second-order valence-electron chi connectivity index (χ2n) is 7.70. The lowest BCUT2D eigenvalue weighted by Gasteiger charge is -2.44. The van der Waals surface area contributed by atoms with Gasteiger partial charge in [-0.25, -0.2) is 15.0 Å². The van der Waals surface area contributed by atoms with Crippen molar-refractivity contribution in [2.24, 2.45) is 0 Å². The molecule has 0 saturated carbocycles. The highest BCUT2D eigenvalue weighted by atomic mass is 16.5. The molecule has 7 heteroatoms. The predicted molar refractivity (Wildman–Crippen MR) is 110 cm³/mol. The molecule has 2 aromatic heterocycles. The van der Waals surface area contributed by atoms with E-state index in [0.29, 0.717) is 12.4 Å². The molecule has 2 aliphatic rings. The van der Waals surface area contributed by atoms with Crippen molar-refractivity contribution in [1.29, 1.82) is 0 Å². The van der Waals surface area contributed by atoms with Crippen molar-refractivity contribution >= 4 is 5.82 Å². The molecule has 4 heterocycles. The molecule has 148 valence electrons. The summed E-state index contributed by atoms with van der Waals surface area (Å²) in [4.78, 5) is 30.7. The average molecular weight is 389 g/mol. The summed E-state index contributed by atoms with van der Waals surface area (Å²) in [5, 5.41) is 0. The highest BCUT2D eigenvalue weighted by Crippen LogP contribution is 2.41. The van der Waals surface area contributed by atoms with Crippen LogP contribution in [-0.2, 0) is 16.8 Å². The number of benzene rings is 1. The molecule has 1 aromatic carbocycles. The molecule has 1 fully saturated rings. The third-order valence-electron chi connectivity index (χ3n) is 5.82. The SMILES string of the molecule is Cc1nc(N2CCC3(CC2)OCCc2cnc(-c4ccccc4)nc23)cc(=O)[nH]1. The van der Waals surface area contributed by atoms with Crippen LogP contribution in [-0.4, -0.2) is 39.6 Å². The molecule has 0 bridgehead atoms. The number of hydrogen-bond acceptors (Lipinski definition) is 6. The van der Waals surface area contributed by atoms with E-state index in [4.69, 9.17) is 9.72 Å². The first-order valence-electron chi connectivity index (χ1n) is 10.0. The molecular weight excluding hydrogens is 366 g/mol. The average Bonchev–Trinajstić information content (AvgIpc) is 2.74. The van der Waals surface area contributed by atoms with E-state index >= 15 is 0 Å². The molecule has 5 rings (SSSR count). The van der Waals surface area contributed by atoms with Crippen LogP contribution in [0.4, 0.5) is 5.82 Å². The lowest BCUT2D eigenvalue weighted by molar-refractivity contribution is -0.0801. The third kappa shape index (κ3) is 3.31. The lowest BCUT2D eigenvalue weighted by atomic mass is 9.83. The number of H-pyrrole nitrogens is 1. The molecule has 0 amide bonds. The summed E-state index contributed by atoms with van der Waals surface area (Å²) in [5.41, 5.74) is 2.69. The minimum atomic E-state index is -0.396. The van der Waals surface area contributed by atoms with Gasteiger partial charge in [-0.05, 0) is 31.7 Å². The minimum absolute atomic E-state index is 0.118. The number of nitrogens with one attached hydrogen (secondary N) is 1. The fourth-order valence-electron chi connectivity index (χ4n) is 4.34. The fourth-order valence-corrected chi connectivity index (χ4v) is 4.34. The van der Waals surface area contributed by atoms with Crippen molar-refractivity contribution in [3.63, 3.8) is 0 Å². The van der Waals surface area contributed by atoms with E-state index < -0.39 is 5.60 Å². The topological polar surface area (TPSA) is 84.0 Å². The lowest BCUT2D eigenvalue weighted by Crippen LogP contribution is -2.47. The Morgan fingerprint density at radius 2 is 1.93 bits per heavy atom. The molecule has 0 unspecified atom stereocenters. The van der Waals surface area contributed by atoms with E-state index in [1.54, 1.807) is 13.0 Å². The van der Waals surface area contributed by atoms with Crippen LogP contribution in [0.5, 0.6) is 0 Å². The van der Waals surface area contributed by atoms with E-state index in [-0.39, 0.29) is 5.56 Å². The zero-order valence-electron chi connectivity index (χ0n) is 16.4. The van der Waals surface area contributed by atoms with E-state index in [0.717, 1.165) is 55.3 Å². The Kier molecular flexibility index (Phi) is 4.39. The molecule has 7 nitrogen and oxygen atoms in total. The number of anilines is 1. The molecular formula is C22H23N5O2. The van der Waals surface area contributed by atoms with Crippen molar-refractivity contribution in [3.8, 4) is 11.4 Å². The van der Waals surface area contributed by atoms with Crippen LogP contribution in [0.15, 0.2) is 47.4 Å². The van der Waals surface area contributed by atoms with Gasteiger partial charge in [0.15, 0.2) is 5.82 Å². The summed E-state index contributed by atoms with van der Waals surface area (Å²) >= 11 is 0. The second kappa shape index (κ2) is 7.08. The summed E-state index contributed by atoms with van der Waals surface area (Å²) in [5.74, 6) is 2.10. The van der Waals surface area contributed by atoms with Crippen LogP contribution in [0.25, 0.3) is 11.4 Å². The van der Waals surface area contributed by atoms with Gasteiger partial charge in [0.2, 0.25) is 0 Å². The number of hydrogen-bond donors (Lipinski definition) is 1. The molecule has 0 aliphatic carbocycles. The van der Waals surface area contributed by atoms with Crippen molar-refractivity contribution in [2.45, 2.75) is 31.8 Å². The van der Waals surface area contributed by atoms with Crippen molar-refractivity contribution in [3.05, 3.63) is 70.0 Å². The Balaban J connectivity index is 1.45. The second-order valence-corrected chi connectivity index (χ2v) is 7.70. The molecule has 0 atom stereocenters. The van der Waals surface area contributed by atoms with Gasteiger partial charge in [0.25, 0.3) is 5.56 Å². The summed E-state index contributed by atoms with van der Waals surface area (Å²) in [6.07, 6.45) is 4.41. The van der Waals surface area contributed by atoms with Gasteiger partial charge >= 0.3 is 0 Å². The molecule has 2 aliphatic heterocycles. The maximum atomic E-state index is 11.8. The smallest absolute Gasteiger partial charge is 0.252 e. The normalized spacial score (nSPS) is 17.9. The summed E-state index contributed by atoms with van der Waals surface area (Å²) in [7, 11) is 0. The maximum Gasteiger partial charge on any atom is 0.252 e. The van der Waals surface area contributed by atoms with E-state index in [1.807, 2.05) is 36.5 Å². The molecule has 1 saturated heterocycles. The molecule has 29 heavy (non-hydrogen) atoms. The van der Waals surface area contributed by atoms with Crippen LogP contribution in [0, 0.1) is 6.92 Å². The fraction of sp³-hybridized carbons (Fsp3) is 0.364. The Bertz CT molecular complexity index is 1090.